The first-order valence-corrected chi connectivity index (χ1v) is 9.91. The van der Waals surface area contributed by atoms with Gasteiger partial charge in [-0.15, -0.1) is 11.3 Å². The van der Waals surface area contributed by atoms with E-state index in [1.807, 2.05) is 19.1 Å². The highest BCUT2D eigenvalue weighted by atomic mass is 32.1. The number of thiophene rings is 1. The van der Waals surface area contributed by atoms with Crippen LogP contribution in [-0.2, 0) is 0 Å². The van der Waals surface area contributed by atoms with Gasteiger partial charge >= 0.3 is 0 Å². The van der Waals surface area contributed by atoms with Crippen LogP contribution in [0.1, 0.15) is 25.6 Å². The number of benzene rings is 2. The Balaban J connectivity index is 1.39. The van der Waals surface area contributed by atoms with Gasteiger partial charge < -0.3 is 15.8 Å². The van der Waals surface area contributed by atoms with Crippen LogP contribution in [0.3, 0.4) is 0 Å². The number of primary amides is 1. The summed E-state index contributed by atoms with van der Waals surface area (Å²) in [7, 11) is 0. The average molecular weight is 418 g/mol. The van der Waals surface area contributed by atoms with Crippen molar-refractivity contribution in [1.29, 1.82) is 0 Å². The largest absolute Gasteiger partial charge is 0.457 e. The van der Waals surface area contributed by atoms with Crippen LogP contribution < -0.4 is 15.8 Å². The van der Waals surface area contributed by atoms with Crippen molar-refractivity contribution in [3.8, 4) is 22.1 Å². The molecule has 2 aromatic heterocycles. The van der Waals surface area contributed by atoms with E-state index >= 15 is 0 Å². The minimum absolute atomic E-state index is 0.271. The molecule has 0 atom stereocenters. The zero-order chi connectivity index (χ0) is 21.1. The fraction of sp³-hybridized carbons (Fsp3) is 0.0455. The molecule has 4 rings (SSSR count). The van der Waals surface area contributed by atoms with Gasteiger partial charge in [-0.3, -0.25) is 14.7 Å². The summed E-state index contributed by atoms with van der Waals surface area (Å²) >= 11 is 1.65. The summed E-state index contributed by atoms with van der Waals surface area (Å²) in [4.78, 5) is 25.9. The molecule has 7 nitrogen and oxygen atoms in total. The van der Waals surface area contributed by atoms with Crippen LogP contribution in [0, 0.1) is 6.92 Å². The van der Waals surface area contributed by atoms with Gasteiger partial charge in [0.15, 0.2) is 5.82 Å². The lowest BCUT2D eigenvalue weighted by molar-refractivity contribution is 0.0997. The molecule has 30 heavy (non-hydrogen) atoms. The van der Waals surface area contributed by atoms with E-state index in [-0.39, 0.29) is 5.91 Å². The van der Waals surface area contributed by atoms with E-state index in [0.717, 1.165) is 10.6 Å². The van der Waals surface area contributed by atoms with Crippen molar-refractivity contribution in [3.63, 3.8) is 0 Å². The average Bonchev–Trinajstić information content (AvgIpc) is 3.38. The molecule has 2 aromatic carbocycles. The Morgan fingerprint density at radius 2 is 1.60 bits per heavy atom. The van der Waals surface area contributed by atoms with Gasteiger partial charge in [0.2, 0.25) is 5.91 Å². The van der Waals surface area contributed by atoms with Gasteiger partial charge in [0.1, 0.15) is 11.5 Å². The van der Waals surface area contributed by atoms with E-state index in [1.54, 1.807) is 65.9 Å². The summed E-state index contributed by atoms with van der Waals surface area (Å²) < 4.78 is 5.72. The summed E-state index contributed by atoms with van der Waals surface area (Å²) in [6, 6.07) is 19.1. The lowest BCUT2D eigenvalue weighted by atomic mass is 10.2. The van der Waals surface area contributed by atoms with Crippen molar-refractivity contribution < 1.29 is 14.3 Å². The Bertz CT molecular complexity index is 1190. The standard InChI is InChI=1S/C22H18N4O3S/c1-13-2-11-19(30-13)18-12-20(26-25-18)24-22(28)15-5-9-17(10-6-15)29-16-7-3-14(4-8-16)21(23)27/h2-12H,1H3,(H2,23,27)(H2,24,25,26,28). The number of nitrogens with zero attached hydrogens (tertiary/aromatic N) is 1. The highest BCUT2D eigenvalue weighted by Gasteiger charge is 2.11. The monoisotopic (exact) mass is 418 g/mol. The first-order valence-electron chi connectivity index (χ1n) is 9.09. The Morgan fingerprint density at radius 1 is 0.967 bits per heavy atom. The molecule has 0 aliphatic heterocycles. The quantitative estimate of drug-likeness (QED) is 0.425. The molecule has 0 saturated carbocycles. The number of carbonyl (C=O) groups is 2. The third-order valence-electron chi connectivity index (χ3n) is 4.32. The molecule has 2 amide bonds. The van der Waals surface area contributed by atoms with Crippen molar-refractivity contribution in [1.82, 2.24) is 10.2 Å². The Labute approximate surface area is 176 Å². The van der Waals surface area contributed by atoms with E-state index in [2.05, 4.69) is 15.5 Å². The number of aromatic amines is 1. The molecule has 0 unspecified atom stereocenters. The minimum Gasteiger partial charge on any atom is -0.457 e. The van der Waals surface area contributed by atoms with Gasteiger partial charge in [-0.1, -0.05) is 0 Å². The SMILES string of the molecule is Cc1ccc(-c2cc(NC(=O)c3ccc(Oc4ccc(C(N)=O)cc4)cc3)n[nH]2)s1. The summed E-state index contributed by atoms with van der Waals surface area (Å²) in [5.74, 6) is 0.814. The molecule has 0 saturated heterocycles. The molecule has 0 radical (unpaired) electrons. The normalized spacial score (nSPS) is 10.6. The van der Waals surface area contributed by atoms with Crippen LogP contribution in [0.5, 0.6) is 11.5 Å². The van der Waals surface area contributed by atoms with Crippen molar-refractivity contribution >= 4 is 29.0 Å². The highest BCUT2D eigenvalue weighted by Crippen LogP contribution is 2.27. The fourth-order valence-electron chi connectivity index (χ4n) is 2.78. The third kappa shape index (κ3) is 4.39. The molecular weight excluding hydrogens is 400 g/mol. The van der Waals surface area contributed by atoms with Gasteiger partial charge in [-0.05, 0) is 67.6 Å². The molecule has 8 heteroatoms. The van der Waals surface area contributed by atoms with E-state index in [1.165, 1.54) is 4.88 Å². The van der Waals surface area contributed by atoms with Crippen molar-refractivity contribution in [2.75, 3.05) is 5.32 Å². The number of hydrogen-bond acceptors (Lipinski definition) is 5. The summed E-state index contributed by atoms with van der Waals surface area (Å²) in [5, 5.41) is 9.87. The van der Waals surface area contributed by atoms with Gasteiger partial charge in [-0.25, -0.2) is 0 Å². The summed E-state index contributed by atoms with van der Waals surface area (Å²) in [5.41, 5.74) is 6.96. The molecule has 4 N–H and O–H groups in total. The topological polar surface area (TPSA) is 110 Å². The summed E-state index contributed by atoms with van der Waals surface area (Å²) in [6.07, 6.45) is 0. The van der Waals surface area contributed by atoms with Gasteiger partial charge in [0, 0.05) is 22.1 Å². The Hall–Kier alpha value is -3.91. The smallest absolute Gasteiger partial charge is 0.256 e. The van der Waals surface area contributed by atoms with Gasteiger partial charge in [0.05, 0.1) is 10.6 Å². The second-order valence-corrected chi connectivity index (χ2v) is 7.83. The predicted octanol–water partition coefficient (Wildman–Crippen LogP) is 4.59. The van der Waals surface area contributed by atoms with Crippen LogP contribution in [0.25, 0.3) is 10.6 Å². The van der Waals surface area contributed by atoms with E-state index in [9.17, 15) is 9.59 Å². The number of aryl methyl sites for hydroxylation is 1. The lowest BCUT2D eigenvalue weighted by Crippen LogP contribution is -2.11. The lowest BCUT2D eigenvalue weighted by Gasteiger charge is -2.07. The second kappa shape index (κ2) is 8.22. The van der Waals surface area contributed by atoms with Crippen LogP contribution in [0.2, 0.25) is 0 Å². The molecule has 0 aliphatic rings. The fourth-order valence-corrected chi connectivity index (χ4v) is 3.61. The summed E-state index contributed by atoms with van der Waals surface area (Å²) in [6.45, 7) is 2.04. The number of amides is 2. The first-order chi connectivity index (χ1) is 14.5. The predicted molar refractivity (Wildman–Crippen MR) is 116 cm³/mol. The van der Waals surface area contributed by atoms with Gasteiger partial charge in [0.25, 0.3) is 5.91 Å². The van der Waals surface area contributed by atoms with Crippen molar-refractivity contribution in [2.45, 2.75) is 6.92 Å². The molecule has 150 valence electrons. The number of rotatable bonds is 6. The van der Waals surface area contributed by atoms with Crippen molar-refractivity contribution in [2.24, 2.45) is 5.73 Å². The third-order valence-corrected chi connectivity index (χ3v) is 5.35. The van der Waals surface area contributed by atoms with E-state index < -0.39 is 5.91 Å². The molecule has 0 fully saturated rings. The van der Waals surface area contributed by atoms with E-state index in [4.69, 9.17) is 10.5 Å². The maximum atomic E-state index is 12.5. The number of ether oxygens (including phenoxy) is 1. The number of anilines is 1. The molecule has 0 spiro atoms. The molecule has 0 bridgehead atoms. The number of H-pyrrole nitrogens is 1. The zero-order valence-electron chi connectivity index (χ0n) is 16.0. The molecule has 0 aliphatic carbocycles. The van der Waals surface area contributed by atoms with Crippen molar-refractivity contribution in [3.05, 3.63) is 82.7 Å². The first kappa shape index (κ1) is 19.4. The molecule has 2 heterocycles. The maximum Gasteiger partial charge on any atom is 0.256 e. The zero-order valence-corrected chi connectivity index (χ0v) is 16.8. The van der Waals surface area contributed by atoms with Gasteiger partial charge in [-0.2, -0.15) is 5.10 Å². The molecule has 4 aromatic rings. The highest BCUT2D eigenvalue weighted by molar-refractivity contribution is 7.15. The Morgan fingerprint density at radius 3 is 2.17 bits per heavy atom. The number of aromatic nitrogens is 2. The number of nitrogens with two attached hydrogens (primary N) is 1. The minimum atomic E-state index is -0.494. The Kier molecular flexibility index (Phi) is 5.32. The van der Waals surface area contributed by atoms with Crippen LogP contribution >= 0.6 is 11.3 Å². The van der Waals surface area contributed by atoms with Crippen LogP contribution in [-0.4, -0.2) is 22.0 Å². The maximum absolute atomic E-state index is 12.5. The molecular formula is C22H18N4O3S. The number of nitrogens with one attached hydrogen (secondary N) is 2. The number of carbonyl (C=O) groups excluding carboxylic acids is 2. The van der Waals surface area contributed by atoms with Crippen LogP contribution in [0.15, 0.2) is 66.7 Å². The number of hydrogen-bond donors (Lipinski definition) is 3. The second-order valence-electron chi connectivity index (χ2n) is 6.55. The van der Waals surface area contributed by atoms with E-state index in [0.29, 0.717) is 28.4 Å². The van der Waals surface area contributed by atoms with Crippen LogP contribution in [0.4, 0.5) is 5.82 Å².